The fourth-order valence-electron chi connectivity index (χ4n) is 0.927. The molecule has 0 aromatic rings. The first-order valence-electron chi connectivity index (χ1n) is 3.21. The number of piperazine rings is 1. The van der Waals surface area contributed by atoms with Gasteiger partial charge in [0.1, 0.15) is 0 Å². The summed E-state index contributed by atoms with van der Waals surface area (Å²) in [6.45, 7) is 3.80. The van der Waals surface area contributed by atoms with Crippen LogP contribution in [0.1, 0.15) is 0 Å². The van der Waals surface area contributed by atoms with E-state index in [2.05, 4.69) is 11.9 Å². The number of carbonyl (C=O) groups excluding carboxylic acids is 1. The zero-order chi connectivity index (χ0) is 6.69. The molecule has 3 nitrogen and oxygen atoms in total. The van der Waals surface area contributed by atoms with E-state index in [1.54, 1.807) is 4.90 Å². The molecule has 0 aromatic heterocycles. The normalized spacial score (nSPS) is 22.1. The lowest BCUT2D eigenvalue weighted by Gasteiger charge is -2.29. The SMILES string of the molecule is CN1CCN([13CH]=O)CC1. The number of hydrogen-bond acceptors (Lipinski definition) is 2. The molecule has 1 aliphatic rings. The summed E-state index contributed by atoms with van der Waals surface area (Å²) in [5.41, 5.74) is 0. The molecule has 0 unspecified atom stereocenters. The predicted octanol–water partition coefficient (Wildman–Crippen LogP) is -0.610. The Bertz CT molecular complexity index is 97.2. The number of rotatable bonds is 1. The molecule has 0 aromatic carbocycles. The summed E-state index contributed by atoms with van der Waals surface area (Å²) in [5, 5.41) is 0. The van der Waals surface area contributed by atoms with Crippen LogP contribution in [0.2, 0.25) is 0 Å². The zero-order valence-corrected chi connectivity index (χ0v) is 5.71. The molecule has 0 bridgehead atoms. The molecular formula is C6H12N2O. The molecule has 1 aliphatic heterocycles. The third-order valence-corrected chi connectivity index (χ3v) is 1.69. The zero-order valence-electron chi connectivity index (χ0n) is 5.71. The van der Waals surface area contributed by atoms with Crippen molar-refractivity contribution in [3.05, 3.63) is 0 Å². The third kappa shape index (κ3) is 1.68. The number of hydrogen-bond donors (Lipinski definition) is 0. The molecule has 0 spiro atoms. The fourth-order valence-corrected chi connectivity index (χ4v) is 0.927. The highest BCUT2D eigenvalue weighted by Crippen LogP contribution is 1.94. The topological polar surface area (TPSA) is 23.6 Å². The minimum absolute atomic E-state index is 0.889. The van der Waals surface area contributed by atoms with E-state index in [1.807, 2.05) is 0 Å². The van der Waals surface area contributed by atoms with Crippen molar-refractivity contribution in [3.63, 3.8) is 0 Å². The lowest BCUT2D eigenvalue weighted by molar-refractivity contribution is -0.119. The molecule has 52 valence electrons. The summed E-state index contributed by atoms with van der Waals surface area (Å²) < 4.78 is 0. The minimum atomic E-state index is 0.889. The number of nitrogens with zero attached hydrogens (tertiary/aromatic N) is 2. The number of likely N-dealkylation sites (N-methyl/N-ethyl adjacent to an activating group) is 1. The first-order valence-corrected chi connectivity index (χ1v) is 3.21. The fraction of sp³-hybridized carbons (Fsp3) is 0.833. The van der Waals surface area contributed by atoms with Gasteiger partial charge in [-0.3, -0.25) is 4.79 Å². The Balaban J connectivity index is 2.26. The van der Waals surface area contributed by atoms with Gasteiger partial charge in [0.2, 0.25) is 6.41 Å². The second-order valence-corrected chi connectivity index (χ2v) is 2.44. The molecule has 3 heteroatoms. The van der Waals surface area contributed by atoms with Crippen molar-refractivity contribution in [3.8, 4) is 0 Å². The van der Waals surface area contributed by atoms with E-state index in [0.717, 1.165) is 32.6 Å². The maximum atomic E-state index is 10.2. The summed E-state index contributed by atoms with van der Waals surface area (Å²) in [7, 11) is 2.07. The van der Waals surface area contributed by atoms with Gasteiger partial charge in [0.15, 0.2) is 0 Å². The molecule has 0 atom stereocenters. The molecule has 0 N–H and O–H groups in total. The Labute approximate surface area is 55.2 Å². The van der Waals surface area contributed by atoms with E-state index in [1.165, 1.54) is 0 Å². The second kappa shape index (κ2) is 2.82. The molecule has 1 saturated heterocycles. The van der Waals surface area contributed by atoms with E-state index in [9.17, 15) is 4.79 Å². The van der Waals surface area contributed by atoms with Gasteiger partial charge in [-0.25, -0.2) is 0 Å². The monoisotopic (exact) mass is 129 g/mol. The van der Waals surface area contributed by atoms with Crippen molar-refractivity contribution in [1.29, 1.82) is 0 Å². The summed E-state index contributed by atoms with van der Waals surface area (Å²) in [5.74, 6) is 0. The van der Waals surface area contributed by atoms with Gasteiger partial charge in [0.05, 0.1) is 0 Å². The van der Waals surface area contributed by atoms with E-state index in [-0.39, 0.29) is 0 Å². The average molecular weight is 129 g/mol. The lowest BCUT2D eigenvalue weighted by Crippen LogP contribution is -2.43. The van der Waals surface area contributed by atoms with Crippen LogP contribution in [0.25, 0.3) is 0 Å². The van der Waals surface area contributed by atoms with Gasteiger partial charge >= 0.3 is 0 Å². The van der Waals surface area contributed by atoms with Crippen LogP contribution in [-0.2, 0) is 4.79 Å². The van der Waals surface area contributed by atoms with Crippen molar-refractivity contribution in [2.75, 3.05) is 33.2 Å². The highest BCUT2D eigenvalue weighted by Gasteiger charge is 2.10. The Kier molecular flexibility index (Phi) is 2.05. The van der Waals surface area contributed by atoms with Crippen LogP contribution in [0.3, 0.4) is 0 Å². The first-order chi connectivity index (χ1) is 4.33. The van der Waals surface area contributed by atoms with Crippen LogP contribution in [-0.4, -0.2) is 49.4 Å². The van der Waals surface area contributed by atoms with Crippen LogP contribution in [0, 0.1) is 0 Å². The highest BCUT2D eigenvalue weighted by atomic mass is 16.2. The quantitative estimate of drug-likeness (QED) is 0.348. The van der Waals surface area contributed by atoms with Gasteiger partial charge in [-0.1, -0.05) is 0 Å². The average Bonchev–Trinajstić information content (AvgIpc) is 1.90. The molecule has 0 radical (unpaired) electrons. The van der Waals surface area contributed by atoms with Crippen LogP contribution in [0.5, 0.6) is 0 Å². The smallest absolute Gasteiger partial charge is 0.209 e. The Morgan fingerprint density at radius 2 is 1.78 bits per heavy atom. The maximum absolute atomic E-state index is 10.2. The largest absolute Gasteiger partial charge is 0.343 e. The van der Waals surface area contributed by atoms with Crippen molar-refractivity contribution >= 4 is 6.41 Å². The Morgan fingerprint density at radius 1 is 1.22 bits per heavy atom. The van der Waals surface area contributed by atoms with Gasteiger partial charge in [-0.05, 0) is 7.05 Å². The Hall–Kier alpha value is -0.570. The molecule has 1 fully saturated rings. The molecule has 0 saturated carbocycles. The summed E-state index contributed by atoms with van der Waals surface area (Å²) in [4.78, 5) is 14.2. The molecule has 1 amide bonds. The molecule has 1 rings (SSSR count). The summed E-state index contributed by atoms with van der Waals surface area (Å²) in [6, 6.07) is 0. The predicted molar refractivity (Wildman–Crippen MR) is 35.1 cm³/mol. The van der Waals surface area contributed by atoms with E-state index in [0.29, 0.717) is 0 Å². The lowest BCUT2D eigenvalue weighted by atomic mass is 10.4. The third-order valence-electron chi connectivity index (χ3n) is 1.69. The minimum Gasteiger partial charge on any atom is -0.343 e. The van der Waals surface area contributed by atoms with Crippen molar-refractivity contribution < 1.29 is 4.79 Å². The van der Waals surface area contributed by atoms with Gasteiger partial charge < -0.3 is 9.80 Å². The standard InChI is InChI=1S/C6H12N2O/c1-7-2-4-8(6-9)5-3-7/h6H,2-5H2,1H3/i6+1. The van der Waals surface area contributed by atoms with Crippen LogP contribution in [0.15, 0.2) is 0 Å². The Morgan fingerprint density at radius 3 is 2.22 bits per heavy atom. The highest BCUT2D eigenvalue weighted by molar-refractivity contribution is 5.47. The number of carbonyl (C=O) groups is 1. The van der Waals surface area contributed by atoms with Crippen molar-refractivity contribution in [2.24, 2.45) is 0 Å². The van der Waals surface area contributed by atoms with Gasteiger partial charge in [-0.15, -0.1) is 0 Å². The molecular weight excluding hydrogens is 117 g/mol. The van der Waals surface area contributed by atoms with Crippen molar-refractivity contribution in [1.82, 2.24) is 9.80 Å². The summed E-state index contributed by atoms with van der Waals surface area (Å²) in [6.07, 6.45) is 0.924. The van der Waals surface area contributed by atoms with E-state index < -0.39 is 0 Å². The van der Waals surface area contributed by atoms with Crippen molar-refractivity contribution in [2.45, 2.75) is 0 Å². The number of amides is 1. The molecule has 0 aliphatic carbocycles. The maximum Gasteiger partial charge on any atom is 0.209 e. The van der Waals surface area contributed by atoms with Crippen LogP contribution >= 0.6 is 0 Å². The first kappa shape index (κ1) is 6.55. The second-order valence-electron chi connectivity index (χ2n) is 2.44. The van der Waals surface area contributed by atoms with Gasteiger partial charge in [0.25, 0.3) is 0 Å². The molecule has 9 heavy (non-hydrogen) atoms. The van der Waals surface area contributed by atoms with E-state index in [4.69, 9.17) is 0 Å². The van der Waals surface area contributed by atoms with Gasteiger partial charge in [0, 0.05) is 26.2 Å². The van der Waals surface area contributed by atoms with E-state index >= 15 is 0 Å². The van der Waals surface area contributed by atoms with Gasteiger partial charge in [-0.2, -0.15) is 0 Å². The molecule has 1 heterocycles. The van der Waals surface area contributed by atoms with Crippen LogP contribution < -0.4 is 0 Å². The van der Waals surface area contributed by atoms with Crippen LogP contribution in [0.4, 0.5) is 0 Å². The summed E-state index contributed by atoms with van der Waals surface area (Å²) >= 11 is 0.